The van der Waals surface area contributed by atoms with Crippen LogP contribution >= 0.6 is 0 Å². The molecule has 0 aromatic heterocycles. The van der Waals surface area contributed by atoms with Crippen molar-refractivity contribution in [1.82, 2.24) is 4.90 Å². The smallest absolute Gasteiger partial charge is 0.418 e. The van der Waals surface area contributed by atoms with Crippen LogP contribution in [0, 0.1) is 11.8 Å². The van der Waals surface area contributed by atoms with Gasteiger partial charge in [0.2, 0.25) is 11.8 Å². The zero-order valence-corrected chi connectivity index (χ0v) is 21.1. The standard InChI is InChI=1S/C30H23F3N2O5/c1-15(29(39)40-14-22(36)34-21-13-7-6-12-20(21)30(31,32)33)35-27(37)25-23-16-8-2-3-9-17(16)24(26(25)28(35)38)19-11-5-4-10-18(19)23/h2-13,15,23-26H,14H2,1H3,(H,34,36)/t15-,23?,24?,25-,26+/m1/s1. The number of hydrogen-bond donors (Lipinski definition) is 1. The fourth-order valence-corrected chi connectivity index (χ4v) is 6.47. The number of likely N-dealkylation sites (tertiary alicyclic amines) is 1. The first kappa shape index (κ1) is 25.8. The van der Waals surface area contributed by atoms with Crippen molar-refractivity contribution in [3.63, 3.8) is 0 Å². The van der Waals surface area contributed by atoms with Gasteiger partial charge in [-0.25, -0.2) is 4.79 Å². The van der Waals surface area contributed by atoms with Crippen molar-refractivity contribution < 1.29 is 37.1 Å². The molecule has 0 spiro atoms. The molecule has 7 nitrogen and oxygen atoms in total. The third-order valence-electron chi connectivity index (χ3n) is 8.06. The highest BCUT2D eigenvalue weighted by Gasteiger charge is 2.62. The van der Waals surface area contributed by atoms with Gasteiger partial charge < -0.3 is 10.1 Å². The zero-order valence-electron chi connectivity index (χ0n) is 21.1. The van der Waals surface area contributed by atoms with E-state index < -0.39 is 65.6 Å². The molecular formula is C30H23F3N2O5. The minimum atomic E-state index is -4.69. The highest BCUT2D eigenvalue weighted by Crippen LogP contribution is 2.61. The number of nitrogens with zero attached hydrogens (tertiary/aromatic N) is 1. The number of esters is 1. The number of benzene rings is 3. The molecule has 3 amide bonds. The molecule has 1 heterocycles. The van der Waals surface area contributed by atoms with E-state index in [4.69, 9.17) is 4.74 Å². The molecule has 1 fully saturated rings. The highest BCUT2D eigenvalue weighted by molar-refractivity contribution is 6.10. The molecule has 1 N–H and O–H groups in total. The van der Waals surface area contributed by atoms with Crippen LogP contribution in [0.2, 0.25) is 0 Å². The lowest BCUT2D eigenvalue weighted by Gasteiger charge is -2.45. The molecule has 2 bridgehead atoms. The SMILES string of the molecule is C[C@H](C(=O)OCC(=O)Nc1ccccc1C(F)(F)F)N1C(=O)[C@@H]2C3c4ccccc4C(c4ccccc43)[C@@H]2C1=O. The molecule has 7 rings (SSSR count). The first-order valence-corrected chi connectivity index (χ1v) is 12.8. The molecule has 3 aromatic carbocycles. The van der Waals surface area contributed by atoms with Crippen LogP contribution in [0.25, 0.3) is 0 Å². The van der Waals surface area contributed by atoms with Gasteiger partial charge in [0.25, 0.3) is 5.91 Å². The summed E-state index contributed by atoms with van der Waals surface area (Å²) in [4.78, 5) is 53.6. The van der Waals surface area contributed by atoms with Crippen LogP contribution in [-0.2, 0) is 30.1 Å². The summed E-state index contributed by atoms with van der Waals surface area (Å²) in [6.07, 6.45) is -4.69. The Bertz CT molecular complexity index is 1450. The van der Waals surface area contributed by atoms with Crippen LogP contribution in [0.3, 0.4) is 0 Å². The summed E-state index contributed by atoms with van der Waals surface area (Å²) >= 11 is 0. The number of hydrogen-bond acceptors (Lipinski definition) is 5. The van der Waals surface area contributed by atoms with Crippen molar-refractivity contribution in [3.8, 4) is 0 Å². The first-order valence-electron chi connectivity index (χ1n) is 12.8. The number of ether oxygens (including phenoxy) is 1. The quantitative estimate of drug-likeness (QED) is 0.375. The summed E-state index contributed by atoms with van der Waals surface area (Å²) < 4.78 is 44.7. The molecule has 3 atom stereocenters. The second kappa shape index (κ2) is 9.32. The highest BCUT2D eigenvalue weighted by atomic mass is 19.4. The van der Waals surface area contributed by atoms with Gasteiger partial charge in [-0.05, 0) is 41.3 Å². The van der Waals surface area contributed by atoms with Gasteiger partial charge in [0.05, 0.1) is 23.1 Å². The molecule has 3 aromatic rings. The number of anilines is 1. The summed E-state index contributed by atoms with van der Waals surface area (Å²) in [7, 11) is 0. The summed E-state index contributed by atoms with van der Waals surface area (Å²) in [6.45, 7) is 0.453. The Balaban J connectivity index is 1.20. The number of imide groups is 1. The number of amides is 3. The predicted octanol–water partition coefficient (Wildman–Crippen LogP) is 4.47. The van der Waals surface area contributed by atoms with E-state index in [-0.39, 0.29) is 11.8 Å². The van der Waals surface area contributed by atoms with E-state index in [1.807, 2.05) is 48.5 Å². The number of carbonyl (C=O) groups is 4. The van der Waals surface area contributed by atoms with Crippen LogP contribution in [-0.4, -0.2) is 41.2 Å². The Hall–Kier alpha value is -4.47. The number of halogens is 3. The van der Waals surface area contributed by atoms with Gasteiger partial charge in [0.1, 0.15) is 6.04 Å². The van der Waals surface area contributed by atoms with E-state index in [9.17, 15) is 32.3 Å². The minimum absolute atomic E-state index is 0.341. The van der Waals surface area contributed by atoms with Crippen molar-refractivity contribution in [1.29, 1.82) is 0 Å². The molecule has 0 radical (unpaired) electrons. The molecule has 204 valence electrons. The molecule has 40 heavy (non-hydrogen) atoms. The third kappa shape index (κ3) is 3.89. The topological polar surface area (TPSA) is 92.8 Å². The van der Waals surface area contributed by atoms with E-state index >= 15 is 0 Å². The van der Waals surface area contributed by atoms with Crippen molar-refractivity contribution >= 4 is 29.4 Å². The van der Waals surface area contributed by atoms with Crippen LogP contribution in [0.1, 0.15) is 46.6 Å². The van der Waals surface area contributed by atoms with Crippen molar-refractivity contribution in [2.75, 3.05) is 11.9 Å². The van der Waals surface area contributed by atoms with Crippen LogP contribution < -0.4 is 5.32 Å². The third-order valence-corrected chi connectivity index (χ3v) is 8.06. The van der Waals surface area contributed by atoms with Crippen molar-refractivity contribution in [2.45, 2.75) is 31.0 Å². The zero-order chi connectivity index (χ0) is 28.3. The van der Waals surface area contributed by atoms with Gasteiger partial charge >= 0.3 is 12.1 Å². The summed E-state index contributed by atoms with van der Waals surface area (Å²) in [5.74, 6) is -5.02. The van der Waals surface area contributed by atoms with Gasteiger partial charge in [-0.15, -0.1) is 0 Å². The maximum absolute atomic E-state index is 13.7. The number of carbonyl (C=O) groups excluding carboxylic acids is 4. The Morgan fingerprint density at radius 3 is 1.75 bits per heavy atom. The fourth-order valence-electron chi connectivity index (χ4n) is 6.47. The van der Waals surface area contributed by atoms with Crippen LogP contribution in [0.15, 0.2) is 72.8 Å². The van der Waals surface area contributed by atoms with Gasteiger partial charge in [-0.3, -0.25) is 19.3 Å². The average molecular weight is 549 g/mol. The Kier molecular flexibility index (Phi) is 6.01. The Morgan fingerprint density at radius 1 is 0.825 bits per heavy atom. The number of para-hydroxylation sites is 1. The van der Waals surface area contributed by atoms with E-state index in [0.717, 1.165) is 39.3 Å². The lowest BCUT2D eigenvalue weighted by atomic mass is 9.55. The molecule has 10 heteroatoms. The van der Waals surface area contributed by atoms with E-state index in [0.29, 0.717) is 0 Å². The number of rotatable bonds is 5. The summed E-state index contributed by atoms with van der Waals surface area (Å²) in [5, 5.41) is 2.10. The predicted molar refractivity (Wildman–Crippen MR) is 136 cm³/mol. The van der Waals surface area contributed by atoms with E-state index in [2.05, 4.69) is 5.32 Å². The number of nitrogens with one attached hydrogen (secondary N) is 1. The van der Waals surface area contributed by atoms with Gasteiger partial charge in [0.15, 0.2) is 6.61 Å². The van der Waals surface area contributed by atoms with E-state index in [1.165, 1.54) is 19.1 Å². The molecular weight excluding hydrogens is 525 g/mol. The second-order valence-electron chi connectivity index (χ2n) is 10.2. The average Bonchev–Trinajstić information content (AvgIpc) is 3.21. The normalized spacial score (nSPS) is 23.2. The van der Waals surface area contributed by atoms with Crippen molar-refractivity contribution in [3.05, 3.63) is 101 Å². The molecule has 1 saturated heterocycles. The Labute approximate surface area is 226 Å². The summed E-state index contributed by atoms with van der Waals surface area (Å²) in [6, 6.07) is 18.5. The van der Waals surface area contributed by atoms with Crippen LogP contribution in [0.5, 0.6) is 0 Å². The lowest BCUT2D eigenvalue weighted by molar-refractivity contribution is -0.159. The molecule has 3 aliphatic carbocycles. The largest absolute Gasteiger partial charge is 0.454 e. The molecule has 1 aliphatic heterocycles. The Morgan fingerprint density at radius 2 is 1.27 bits per heavy atom. The molecule has 0 saturated carbocycles. The number of alkyl halides is 3. The molecule has 0 unspecified atom stereocenters. The van der Waals surface area contributed by atoms with Gasteiger partial charge in [-0.2, -0.15) is 13.2 Å². The maximum atomic E-state index is 13.7. The lowest BCUT2D eigenvalue weighted by Crippen LogP contribution is -2.45. The van der Waals surface area contributed by atoms with Crippen molar-refractivity contribution in [2.24, 2.45) is 11.8 Å². The molecule has 4 aliphatic rings. The van der Waals surface area contributed by atoms with Gasteiger partial charge in [-0.1, -0.05) is 60.7 Å². The fraction of sp³-hybridized carbons (Fsp3) is 0.267. The summed E-state index contributed by atoms with van der Waals surface area (Å²) in [5.41, 5.74) is 2.43. The monoisotopic (exact) mass is 548 g/mol. The minimum Gasteiger partial charge on any atom is -0.454 e. The maximum Gasteiger partial charge on any atom is 0.418 e. The first-order chi connectivity index (χ1) is 19.1. The van der Waals surface area contributed by atoms with Gasteiger partial charge in [0, 0.05) is 11.8 Å². The van der Waals surface area contributed by atoms with Crippen LogP contribution in [0.4, 0.5) is 18.9 Å². The second-order valence-corrected chi connectivity index (χ2v) is 10.2. The van der Waals surface area contributed by atoms with E-state index in [1.54, 1.807) is 0 Å².